The molecule has 1 aromatic rings. The number of guanidine groups is 1. The topological polar surface area (TPSA) is 95.1 Å². The minimum absolute atomic E-state index is 0. The molecule has 1 aromatic carbocycles. The van der Waals surface area contributed by atoms with E-state index < -0.39 is 0 Å². The van der Waals surface area contributed by atoms with Crippen molar-refractivity contribution in [2.24, 2.45) is 10.4 Å². The Balaban J connectivity index is 0.00000300. The maximum Gasteiger partial charge on any atom is 0.251 e. The molecule has 0 saturated carbocycles. The highest BCUT2D eigenvalue weighted by Gasteiger charge is 2.42. The highest BCUT2D eigenvalue weighted by molar-refractivity contribution is 14.0. The summed E-state index contributed by atoms with van der Waals surface area (Å²) in [4.78, 5) is 30.5. The van der Waals surface area contributed by atoms with Crippen LogP contribution in [0.25, 0.3) is 0 Å². The van der Waals surface area contributed by atoms with Crippen molar-refractivity contribution in [3.05, 3.63) is 29.8 Å². The maximum absolute atomic E-state index is 12.3. The highest BCUT2D eigenvalue weighted by Crippen LogP contribution is 2.35. The number of carbonyl (C=O) groups excluding carboxylic acids is 2. The molecule has 0 aliphatic carbocycles. The molecule has 29 heavy (non-hydrogen) atoms. The molecule has 8 nitrogen and oxygen atoms in total. The third-order valence-corrected chi connectivity index (χ3v) is 5.39. The number of hydrogen-bond donors (Lipinski definition) is 3. The van der Waals surface area contributed by atoms with E-state index in [0.29, 0.717) is 30.8 Å². The van der Waals surface area contributed by atoms with Gasteiger partial charge in [-0.2, -0.15) is 0 Å². The van der Waals surface area contributed by atoms with Crippen molar-refractivity contribution in [2.75, 3.05) is 46.9 Å². The first kappa shape index (κ1) is 23.2. The molecule has 0 bridgehead atoms. The predicted octanol–water partition coefficient (Wildman–Crippen LogP) is 1.22. The van der Waals surface area contributed by atoms with Gasteiger partial charge in [-0.3, -0.25) is 14.6 Å². The smallest absolute Gasteiger partial charge is 0.251 e. The number of halogens is 1. The number of amides is 2. The molecule has 0 aromatic heterocycles. The van der Waals surface area contributed by atoms with Crippen molar-refractivity contribution < 1.29 is 14.3 Å². The molecule has 1 atom stereocenters. The van der Waals surface area contributed by atoms with Gasteiger partial charge in [-0.1, -0.05) is 6.07 Å². The highest BCUT2D eigenvalue weighted by atomic mass is 127. The lowest BCUT2D eigenvalue weighted by Gasteiger charge is -2.40. The SMILES string of the molecule is CN=C(NCCNC(=O)c1cccc(OC)c1)N1CCCC2(CNC(=O)C2)C1.I. The van der Waals surface area contributed by atoms with Gasteiger partial charge in [-0.15, -0.1) is 24.0 Å². The van der Waals surface area contributed by atoms with E-state index >= 15 is 0 Å². The fourth-order valence-electron chi connectivity index (χ4n) is 3.98. The molecule has 2 fully saturated rings. The van der Waals surface area contributed by atoms with E-state index in [4.69, 9.17) is 4.74 Å². The molecule has 2 aliphatic rings. The lowest BCUT2D eigenvalue weighted by molar-refractivity contribution is -0.119. The van der Waals surface area contributed by atoms with E-state index in [1.165, 1.54) is 0 Å². The van der Waals surface area contributed by atoms with Crippen LogP contribution in [0.4, 0.5) is 0 Å². The zero-order valence-corrected chi connectivity index (χ0v) is 19.3. The van der Waals surface area contributed by atoms with Crippen LogP contribution >= 0.6 is 24.0 Å². The van der Waals surface area contributed by atoms with Gasteiger partial charge in [0.05, 0.1) is 7.11 Å². The van der Waals surface area contributed by atoms with Crippen LogP contribution in [-0.4, -0.2) is 69.6 Å². The Morgan fingerprint density at radius 2 is 2.14 bits per heavy atom. The number of hydrogen-bond acceptors (Lipinski definition) is 4. The molecule has 2 aliphatic heterocycles. The number of nitrogens with one attached hydrogen (secondary N) is 3. The number of nitrogens with zero attached hydrogens (tertiary/aromatic N) is 2. The minimum atomic E-state index is -0.136. The fraction of sp³-hybridized carbons (Fsp3) is 0.550. The lowest BCUT2D eigenvalue weighted by atomic mass is 9.79. The average Bonchev–Trinajstić information content (AvgIpc) is 3.07. The normalized spacial score (nSPS) is 21.4. The van der Waals surface area contributed by atoms with Gasteiger partial charge in [0.25, 0.3) is 5.91 Å². The number of piperidine rings is 1. The van der Waals surface area contributed by atoms with Crippen LogP contribution in [0.15, 0.2) is 29.3 Å². The van der Waals surface area contributed by atoms with Crippen LogP contribution in [0.2, 0.25) is 0 Å². The summed E-state index contributed by atoms with van der Waals surface area (Å²) < 4.78 is 5.15. The van der Waals surface area contributed by atoms with Gasteiger partial charge in [0.15, 0.2) is 5.96 Å². The van der Waals surface area contributed by atoms with Crippen LogP contribution in [0.5, 0.6) is 5.75 Å². The summed E-state index contributed by atoms with van der Waals surface area (Å²) in [5, 5.41) is 9.18. The van der Waals surface area contributed by atoms with Crippen molar-refractivity contribution in [3.63, 3.8) is 0 Å². The molecule has 3 N–H and O–H groups in total. The molecule has 9 heteroatoms. The van der Waals surface area contributed by atoms with Gasteiger partial charge in [0.1, 0.15) is 5.75 Å². The molecule has 3 rings (SSSR count). The summed E-state index contributed by atoms with van der Waals surface area (Å²) >= 11 is 0. The Bertz CT molecular complexity index is 757. The monoisotopic (exact) mass is 515 g/mol. The van der Waals surface area contributed by atoms with Gasteiger partial charge in [0.2, 0.25) is 5.91 Å². The second-order valence-electron chi connectivity index (χ2n) is 7.44. The summed E-state index contributed by atoms with van der Waals surface area (Å²) in [6.45, 7) is 3.54. The molecule has 1 unspecified atom stereocenters. The van der Waals surface area contributed by atoms with Crippen molar-refractivity contribution >= 4 is 41.8 Å². The third kappa shape index (κ3) is 5.97. The number of rotatable bonds is 5. The van der Waals surface area contributed by atoms with Crippen LogP contribution in [0.1, 0.15) is 29.6 Å². The Kier molecular flexibility index (Phi) is 8.54. The Hall–Kier alpha value is -2.04. The van der Waals surface area contributed by atoms with E-state index in [0.717, 1.165) is 38.4 Å². The molecule has 2 heterocycles. The van der Waals surface area contributed by atoms with Gasteiger partial charge < -0.3 is 25.6 Å². The number of ether oxygens (including phenoxy) is 1. The van der Waals surface area contributed by atoms with Gasteiger partial charge >= 0.3 is 0 Å². The van der Waals surface area contributed by atoms with Gasteiger partial charge in [-0.25, -0.2) is 0 Å². The molecule has 1 spiro atoms. The molecule has 2 saturated heterocycles. The van der Waals surface area contributed by atoms with Crippen molar-refractivity contribution in [1.82, 2.24) is 20.9 Å². The summed E-state index contributed by atoms with van der Waals surface area (Å²) in [6.07, 6.45) is 2.70. The fourth-order valence-corrected chi connectivity index (χ4v) is 3.98. The Morgan fingerprint density at radius 1 is 1.34 bits per heavy atom. The summed E-state index contributed by atoms with van der Waals surface area (Å²) in [5.41, 5.74) is 0.591. The first-order chi connectivity index (χ1) is 13.5. The van der Waals surface area contributed by atoms with Crippen LogP contribution < -0.4 is 20.7 Å². The second-order valence-corrected chi connectivity index (χ2v) is 7.44. The molecule has 0 radical (unpaired) electrons. The number of benzene rings is 1. The van der Waals surface area contributed by atoms with Crippen molar-refractivity contribution in [1.29, 1.82) is 0 Å². The zero-order chi connectivity index (χ0) is 20.0. The first-order valence-electron chi connectivity index (χ1n) is 9.70. The number of methoxy groups -OCH3 is 1. The molecule has 160 valence electrons. The van der Waals surface area contributed by atoms with Crippen molar-refractivity contribution in [2.45, 2.75) is 19.3 Å². The number of aliphatic imine (C=N–C) groups is 1. The zero-order valence-electron chi connectivity index (χ0n) is 17.0. The molecular formula is C20H30IN5O3. The van der Waals surface area contributed by atoms with E-state index in [1.54, 1.807) is 38.4 Å². The quantitative estimate of drug-likeness (QED) is 0.237. The summed E-state index contributed by atoms with van der Waals surface area (Å²) in [5.74, 6) is 1.48. The molecular weight excluding hydrogens is 485 g/mol. The largest absolute Gasteiger partial charge is 0.497 e. The standard InChI is InChI=1S/C20H29N5O3.HI/c1-21-19(25-10-4-7-20(14-25)12-17(26)24-13-20)23-9-8-22-18(27)15-5-3-6-16(11-15)28-2;/h3,5-6,11H,4,7-10,12-14H2,1-2H3,(H,21,23)(H,22,27)(H,24,26);1H. The minimum Gasteiger partial charge on any atom is -0.497 e. The van der Waals surface area contributed by atoms with Crippen LogP contribution in [0.3, 0.4) is 0 Å². The van der Waals surface area contributed by atoms with E-state index in [9.17, 15) is 9.59 Å². The molecule has 2 amide bonds. The van der Waals surface area contributed by atoms with Crippen LogP contribution in [0, 0.1) is 5.41 Å². The Labute approximate surface area is 188 Å². The number of carbonyl (C=O) groups is 2. The Morgan fingerprint density at radius 3 is 2.83 bits per heavy atom. The average molecular weight is 515 g/mol. The third-order valence-electron chi connectivity index (χ3n) is 5.39. The second kappa shape index (κ2) is 10.7. The first-order valence-corrected chi connectivity index (χ1v) is 9.70. The predicted molar refractivity (Wildman–Crippen MR) is 123 cm³/mol. The van der Waals surface area contributed by atoms with E-state index in [1.807, 2.05) is 0 Å². The van der Waals surface area contributed by atoms with Gasteiger partial charge in [-0.05, 0) is 31.0 Å². The summed E-state index contributed by atoms with van der Waals surface area (Å²) in [7, 11) is 3.34. The summed E-state index contributed by atoms with van der Waals surface area (Å²) in [6, 6.07) is 7.07. The maximum atomic E-state index is 12.3. The van der Waals surface area contributed by atoms with E-state index in [2.05, 4.69) is 25.8 Å². The lowest BCUT2D eigenvalue weighted by Crippen LogP contribution is -2.52. The van der Waals surface area contributed by atoms with Crippen molar-refractivity contribution in [3.8, 4) is 5.75 Å². The number of likely N-dealkylation sites (tertiary alicyclic amines) is 1. The van der Waals surface area contributed by atoms with E-state index in [-0.39, 0.29) is 41.2 Å². The van der Waals surface area contributed by atoms with Crippen LogP contribution in [-0.2, 0) is 4.79 Å². The van der Waals surface area contributed by atoms with Gasteiger partial charge in [0, 0.05) is 57.2 Å².